The van der Waals surface area contributed by atoms with E-state index >= 15 is 0 Å². The van der Waals surface area contributed by atoms with Crippen molar-refractivity contribution in [3.8, 4) is 56.4 Å². The maximum Gasteiger partial charge on any atom is 0.145 e. The van der Waals surface area contributed by atoms with Crippen molar-refractivity contribution < 1.29 is 0 Å². The zero-order valence-electron chi connectivity index (χ0n) is 26.0. The van der Waals surface area contributed by atoms with Gasteiger partial charge in [-0.1, -0.05) is 97.1 Å². The highest BCUT2D eigenvalue weighted by Gasteiger charge is 2.17. The molecule has 0 radical (unpaired) electrons. The Morgan fingerprint density at radius 3 is 1.21 bits per heavy atom. The van der Waals surface area contributed by atoms with Crippen LogP contribution >= 0.6 is 0 Å². The van der Waals surface area contributed by atoms with Crippen LogP contribution in [0.15, 0.2) is 176 Å². The Kier molecular flexibility index (Phi) is 6.72. The first-order valence-electron chi connectivity index (χ1n) is 16.0. The van der Waals surface area contributed by atoms with Crippen LogP contribution < -0.4 is 0 Å². The molecule has 0 bridgehead atoms. The van der Waals surface area contributed by atoms with E-state index in [1.807, 2.05) is 36.7 Å². The van der Waals surface area contributed by atoms with Crippen LogP contribution in [0.5, 0.6) is 0 Å². The summed E-state index contributed by atoms with van der Waals surface area (Å²) in [5, 5.41) is 0. The minimum absolute atomic E-state index is 0.905. The summed E-state index contributed by atoms with van der Waals surface area (Å²) in [5.74, 6) is 1.81. The van der Waals surface area contributed by atoms with E-state index in [0.717, 1.165) is 78.5 Å². The predicted molar refractivity (Wildman–Crippen MR) is 195 cm³/mol. The second-order valence-corrected chi connectivity index (χ2v) is 11.8. The zero-order valence-corrected chi connectivity index (χ0v) is 26.0. The summed E-state index contributed by atoms with van der Waals surface area (Å²) in [6.45, 7) is 0. The maximum absolute atomic E-state index is 5.08. The van der Waals surface area contributed by atoms with Gasteiger partial charge in [-0.05, 0) is 77.9 Å². The first-order valence-corrected chi connectivity index (χ1v) is 16.0. The molecule has 6 aromatic carbocycles. The van der Waals surface area contributed by atoms with Crippen molar-refractivity contribution >= 4 is 22.1 Å². The Bertz CT molecular complexity index is 2390. The number of rotatable bonds is 6. The van der Waals surface area contributed by atoms with Crippen molar-refractivity contribution in [2.24, 2.45) is 0 Å². The summed E-state index contributed by atoms with van der Waals surface area (Å²) in [4.78, 5) is 14.9. The van der Waals surface area contributed by atoms with Gasteiger partial charge in [-0.3, -0.25) is 14.1 Å². The molecule has 0 atom stereocenters. The van der Waals surface area contributed by atoms with Crippen molar-refractivity contribution in [2.75, 3.05) is 0 Å². The van der Waals surface area contributed by atoms with E-state index in [1.165, 1.54) is 0 Å². The molecule has 0 unspecified atom stereocenters. The Balaban J connectivity index is 1.12. The number of nitrogens with zero attached hydrogens (tertiary/aromatic N) is 5. The van der Waals surface area contributed by atoms with Crippen LogP contribution in [0.1, 0.15) is 0 Å². The van der Waals surface area contributed by atoms with Crippen molar-refractivity contribution in [3.05, 3.63) is 176 Å². The molecule has 9 rings (SSSR count). The molecule has 5 nitrogen and oxygen atoms in total. The van der Waals surface area contributed by atoms with Gasteiger partial charge in [0.1, 0.15) is 11.6 Å². The molecule has 0 aliphatic carbocycles. The molecule has 0 fully saturated rings. The normalized spacial score (nSPS) is 11.3. The Morgan fingerprint density at radius 1 is 0.333 bits per heavy atom. The van der Waals surface area contributed by atoms with E-state index in [1.54, 1.807) is 0 Å². The summed E-state index contributed by atoms with van der Waals surface area (Å²) >= 11 is 0. The Morgan fingerprint density at radius 2 is 0.729 bits per heavy atom. The topological polar surface area (TPSA) is 48.5 Å². The molecule has 0 spiro atoms. The summed E-state index contributed by atoms with van der Waals surface area (Å²) in [6.07, 6.45) is 3.86. The molecule has 0 saturated heterocycles. The lowest BCUT2D eigenvalue weighted by molar-refractivity contribution is 1.10. The first kappa shape index (κ1) is 27.7. The van der Waals surface area contributed by atoms with Crippen LogP contribution in [0.25, 0.3) is 78.5 Å². The SMILES string of the molecule is c1ccc(-n2c(-c3cccc(-c4cncc(-c5cccc(-c6nc7ccccc7n6-c6ccccc6)c5)c4)c3)nc3ccccc32)cc1. The molecule has 48 heavy (non-hydrogen) atoms. The molecule has 0 saturated carbocycles. The van der Waals surface area contributed by atoms with E-state index in [4.69, 9.17) is 15.0 Å². The van der Waals surface area contributed by atoms with Crippen molar-refractivity contribution in [1.82, 2.24) is 24.1 Å². The number of fused-ring (bicyclic) bond motifs is 2. The van der Waals surface area contributed by atoms with Gasteiger partial charge in [0.25, 0.3) is 0 Å². The number of imidazole rings is 2. The monoisotopic (exact) mass is 615 g/mol. The third-order valence-electron chi connectivity index (χ3n) is 8.80. The maximum atomic E-state index is 5.08. The van der Waals surface area contributed by atoms with Crippen LogP contribution in [0, 0.1) is 0 Å². The number of benzene rings is 6. The number of para-hydroxylation sites is 6. The van der Waals surface area contributed by atoms with Crippen molar-refractivity contribution in [1.29, 1.82) is 0 Å². The average molecular weight is 616 g/mol. The molecule has 9 aromatic rings. The molecule has 0 aliphatic heterocycles. The minimum Gasteiger partial charge on any atom is -0.292 e. The van der Waals surface area contributed by atoms with Crippen molar-refractivity contribution in [2.45, 2.75) is 0 Å². The third-order valence-corrected chi connectivity index (χ3v) is 8.80. The van der Waals surface area contributed by atoms with E-state index in [2.05, 4.69) is 149 Å². The predicted octanol–water partition coefficient (Wildman–Crippen LogP) is 10.4. The highest BCUT2D eigenvalue weighted by atomic mass is 15.1. The van der Waals surface area contributed by atoms with E-state index in [9.17, 15) is 0 Å². The lowest BCUT2D eigenvalue weighted by Crippen LogP contribution is -1.97. The van der Waals surface area contributed by atoms with E-state index in [-0.39, 0.29) is 0 Å². The largest absolute Gasteiger partial charge is 0.292 e. The first-order chi connectivity index (χ1) is 23.8. The summed E-state index contributed by atoms with van der Waals surface area (Å²) in [7, 11) is 0. The molecule has 0 amide bonds. The fourth-order valence-corrected chi connectivity index (χ4v) is 6.55. The Labute approximate surface area is 278 Å². The van der Waals surface area contributed by atoms with Gasteiger partial charge in [-0.2, -0.15) is 0 Å². The Hall–Kier alpha value is -6.59. The van der Waals surface area contributed by atoms with E-state index < -0.39 is 0 Å². The van der Waals surface area contributed by atoms with E-state index in [0.29, 0.717) is 0 Å². The molecule has 3 heterocycles. The fraction of sp³-hybridized carbons (Fsp3) is 0. The molecular formula is C43H29N5. The standard InChI is InChI=1S/C43H29N5/c1-3-17-36(18-4-1)47-40-23-9-7-21-38(40)45-42(47)32-15-11-13-30(25-32)34-27-35(29-44-28-34)31-14-12-16-33(26-31)43-46-39-22-8-10-24-41(39)48(43)37-19-5-2-6-20-37/h1-29H. The van der Waals surface area contributed by atoms with Crippen LogP contribution in [0.4, 0.5) is 0 Å². The summed E-state index contributed by atoms with van der Waals surface area (Å²) in [6, 6.07) is 56.8. The molecule has 0 N–H and O–H groups in total. The number of hydrogen-bond acceptors (Lipinski definition) is 3. The summed E-state index contributed by atoms with van der Waals surface area (Å²) in [5.41, 5.74) is 12.6. The highest BCUT2D eigenvalue weighted by molar-refractivity contribution is 5.86. The van der Waals surface area contributed by atoms with Crippen LogP contribution in [-0.2, 0) is 0 Å². The van der Waals surface area contributed by atoms with Gasteiger partial charge < -0.3 is 0 Å². The fourth-order valence-electron chi connectivity index (χ4n) is 6.55. The zero-order chi connectivity index (χ0) is 31.9. The molecule has 226 valence electrons. The number of pyridine rings is 1. The molecule has 5 heteroatoms. The van der Waals surface area contributed by atoms with Crippen LogP contribution in [0.3, 0.4) is 0 Å². The lowest BCUT2D eigenvalue weighted by Gasteiger charge is -2.12. The van der Waals surface area contributed by atoms with Gasteiger partial charge in [0.05, 0.1) is 22.1 Å². The van der Waals surface area contributed by atoms with Gasteiger partial charge in [-0.25, -0.2) is 9.97 Å². The van der Waals surface area contributed by atoms with Crippen LogP contribution in [0.2, 0.25) is 0 Å². The molecule has 3 aromatic heterocycles. The van der Waals surface area contributed by atoms with Crippen LogP contribution in [-0.4, -0.2) is 24.1 Å². The van der Waals surface area contributed by atoms with Crippen molar-refractivity contribution in [3.63, 3.8) is 0 Å². The lowest BCUT2D eigenvalue weighted by atomic mass is 9.99. The quantitative estimate of drug-likeness (QED) is 0.187. The number of aromatic nitrogens is 5. The molecular weight excluding hydrogens is 587 g/mol. The smallest absolute Gasteiger partial charge is 0.145 e. The molecule has 0 aliphatic rings. The summed E-state index contributed by atoms with van der Waals surface area (Å²) < 4.78 is 4.47. The minimum atomic E-state index is 0.905. The second-order valence-electron chi connectivity index (χ2n) is 11.8. The number of hydrogen-bond donors (Lipinski definition) is 0. The average Bonchev–Trinajstić information content (AvgIpc) is 3.75. The van der Waals surface area contributed by atoms with Gasteiger partial charge >= 0.3 is 0 Å². The van der Waals surface area contributed by atoms with Gasteiger partial charge in [-0.15, -0.1) is 0 Å². The van der Waals surface area contributed by atoms with Gasteiger partial charge in [0, 0.05) is 46.0 Å². The second kappa shape index (κ2) is 11.6. The highest BCUT2D eigenvalue weighted by Crippen LogP contribution is 2.34. The third kappa shape index (κ3) is 4.86. The van der Waals surface area contributed by atoms with Gasteiger partial charge in [0.2, 0.25) is 0 Å². The van der Waals surface area contributed by atoms with Gasteiger partial charge in [0.15, 0.2) is 0 Å².